The van der Waals surface area contributed by atoms with Crippen molar-refractivity contribution in [1.82, 2.24) is 20.1 Å². The molecule has 0 bridgehead atoms. The number of anilines is 2. The van der Waals surface area contributed by atoms with E-state index in [1.165, 1.54) is 0 Å². The van der Waals surface area contributed by atoms with Crippen molar-refractivity contribution in [3.63, 3.8) is 0 Å². The molecule has 2 aromatic rings. The second-order valence-electron chi connectivity index (χ2n) is 5.64. The number of rotatable bonds is 4. The first-order valence-electron chi connectivity index (χ1n) is 8.25. The normalized spacial score (nSPS) is 14.2. The van der Waals surface area contributed by atoms with E-state index in [1.807, 2.05) is 19.1 Å². The van der Waals surface area contributed by atoms with Gasteiger partial charge < -0.3 is 25.6 Å². The fourth-order valence-electron chi connectivity index (χ4n) is 2.65. The number of ether oxygens (including phenoxy) is 1. The number of amides is 3. The molecule has 3 N–H and O–H groups in total. The van der Waals surface area contributed by atoms with Crippen LogP contribution in [0.25, 0.3) is 0 Å². The van der Waals surface area contributed by atoms with Gasteiger partial charge in [-0.1, -0.05) is 12.1 Å². The number of nitrogens with two attached hydrogens (primary N) is 1. The third-order valence-corrected chi connectivity index (χ3v) is 4.00. The standard InChI is InChI=1S/C16H20N6O4/c1-2-25-12-6-4-3-5-11(12)18-16(24)22-9-7-21(8-10-22)15(23)13-14(17)20-26-19-13/h3-6H,2,7-10H2,1H3,(H2,17,20)(H,18,24). The molecule has 0 radical (unpaired) electrons. The summed E-state index contributed by atoms with van der Waals surface area (Å²) in [5, 5.41) is 9.77. The summed E-state index contributed by atoms with van der Waals surface area (Å²) in [5.74, 6) is 0.222. The molecule has 0 unspecified atom stereocenters. The molecule has 1 fully saturated rings. The molecule has 10 nitrogen and oxygen atoms in total. The zero-order valence-corrected chi connectivity index (χ0v) is 14.3. The number of urea groups is 1. The molecular formula is C16H20N6O4. The van der Waals surface area contributed by atoms with Gasteiger partial charge >= 0.3 is 6.03 Å². The Labute approximate surface area is 149 Å². The number of nitrogens with zero attached hydrogens (tertiary/aromatic N) is 4. The Morgan fingerprint density at radius 3 is 2.54 bits per heavy atom. The van der Waals surface area contributed by atoms with Crippen molar-refractivity contribution < 1.29 is 19.0 Å². The summed E-state index contributed by atoms with van der Waals surface area (Å²) >= 11 is 0. The van der Waals surface area contributed by atoms with Gasteiger partial charge in [-0.25, -0.2) is 9.42 Å². The highest BCUT2D eigenvalue weighted by molar-refractivity contribution is 5.96. The number of piperazine rings is 1. The fraction of sp³-hybridized carbons (Fsp3) is 0.375. The number of aromatic nitrogens is 2. The van der Waals surface area contributed by atoms with E-state index >= 15 is 0 Å². The highest BCUT2D eigenvalue weighted by Gasteiger charge is 2.28. The van der Waals surface area contributed by atoms with Crippen LogP contribution in [0, 0.1) is 0 Å². The monoisotopic (exact) mass is 360 g/mol. The predicted octanol–water partition coefficient (Wildman–Crippen LogP) is 1.04. The Kier molecular flexibility index (Phi) is 5.20. The first-order chi connectivity index (χ1) is 12.6. The molecule has 2 heterocycles. The van der Waals surface area contributed by atoms with Crippen LogP contribution in [-0.4, -0.2) is 64.8 Å². The Morgan fingerprint density at radius 2 is 1.88 bits per heavy atom. The van der Waals surface area contributed by atoms with Crippen molar-refractivity contribution in [3.05, 3.63) is 30.0 Å². The molecule has 1 saturated heterocycles. The van der Waals surface area contributed by atoms with Crippen LogP contribution in [0.2, 0.25) is 0 Å². The SMILES string of the molecule is CCOc1ccccc1NC(=O)N1CCN(C(=O)c2nonc2N)CC1. The molecule has 26 heavy (non-hydrogen) atoms. The molecule has 10 heteroatoms. The smallest absolute Gasteiger partial charge is 0.322 e. The fourth-order valence-corrected chi connectivity index (χ4v) is 2.65. The van der Waals surface area contributed by atoms with Crippen LogP contribution in [0.5, 0.6) is 5.75 Å². The van der Waals surface area contributed by atoms with Crippen molar-refractivity contribution in [2.24, 2.45) is 0 Å². The molecule has 0 saturated carbocycles. The summed E-state index contributed by atoms with van der Waals surface area (Å²) in [5.41, 5.74) is 6.15. The second kappa shape index (κ2) is 7.72. The first kappa shape index (κ1) is 17.5. The second-order valence-corrected chi connectivity index (χ2v) is 5.64. The quantitative estimate of drug-likeness (QED) is 0.834. The van der Waals surface area contributed by atoms with Gasteiger partial charge in [-0.05, 0) is 29.4 Å². The number of carbonyl (C=O) groups is 2. The Morgan fingerprint density at radius 1 is 1.19 bits per heavy atom. The van der Waals surface area contributed by atoms with E-state index in [9.17, 15) is 9.59 Å². The molecular weight excluding hydrogens is 340 g/mol. The number of nitrogens with one attached hydrogen (secondary N) is 1. The van der Waals surface area contributed by atoms with Crippen LogP contribution in [-0.2, 0) is 0 Å². The van der Waals surface area contributed by atoms with Crippen LogP contribution >= 0.6 is 0 Å². The van der Waals surface area contributed by atoms with E-state index in [0.717, 1.165) is 0 Å². The number of nitrogen functional groups attached to an aromatic ring is 1. The van der Waals surface area contributed by atoms with Crippen LogP contribution < -0.4 is 15.8 Å². The van der Waals surface area contributed by atoms with Gasteiger partial charge in [0, 0.05) is 26.2 Å². The molecule has 1 aliphatic heterocycles. The summed E-state index contributed by atoms with van der Waals surface area (Å²) in [6, 6.07) is 7.00. The number of carbonyl (C=O) groups excluding carboxylic acids is 2. The summed E-state index contributed by atoms with van der Waals surface area (Å²) in [6.07, 6.45) is 0. The zero-order chi connectivity index (χ0) is 18.5. The van der Waals surface area contributed by atoms with Crippen molar-refractivity contribution in [1.29, 1.82) is 0 Å². The van der Waals surface area contributed by atoms with Crippen LogP contribution in [0.15, 0.2) is 28.9 Å². The van der Waals surface area contributed by atoms with Crippen molar-refractivity contribution in [2.75, 3.05) is 43.8 Å². The lowest BCUT2D eigenvalue weighted by atomic mass is 10.2. The van der Waals surface area contributed by atoms with Gasteiger partial charge in [0.15, 0.2) is 0 Å². The number of benzene rings is 1. The average Bonchev–Trinajstić information content (AvgIpc) is 3.09. The minimum Gasteiger partial charge on any atom is -0.492 e. The lowest BCUT2D eigenvalue weighted by Crippen LogP contribution is -2.51. The lowest BCUT2D eigenvalue weighted by Gasteiger charge is -2.34. The van der Waals surface area contributed by atoms with E-state index in [1.54, 1.807) is 21.9 Å². The van der Waals surface area contributed by atoms with Gasteiger partial charge in [0.1, 0.15) is 5.75 Å². The molecule has 1 aromatic heterocycles. The van der Waals surface area contributed by atoms with Crippen LogP contribution in [0.4, 0.5) is 16.3 Å². The Hall–Kier alpha value is -3.30. The van der Waals surface area contributed by atoms with E-state index in [-0.39, 0.29) is 23.5 Å². The van der Waals surface area contributed by atoms with Gasteiger partial charge in [-0.15, -0.1) is 0 Å². The highest BCUT2D eigenvalue weighted by Crippen LogP contribution is 2.24. The highest BCUT2D eigenvalue weighted by atomic mass is 16.6. The summed E-state index contributed by atoms with van der Waals surface area (Å²) < 4.78 is 9.96. The molecule has 0 aliphatic carbocycles. The van der Waals surface area contributed by atoms with E-state index in [4.69, 9.17) is 10.5 Å². The number of hydrogen-bond acceptors (Lipinski definition) is 7. The minimum absolute atomic E-state index is 0.00598. The molecule has 138 valence electrons. The zero-order valence-electron chi connectivity index (χ0n) is 14.3. The van der Waals surface area contributed by atoms with Gasteiger partial charge in [0.25, 0.3) is 5.91 Å². The minimum atomic E-state index is -0.356. The van der Waals surface area contributed by atoms with Crippen molar-refractivity contribution in [3.8, 4) is 5.75 Å². The number of para-hydroxylation sites is 2. The maximum Gasteiger partial charge on any atom is 0.322 e. The topological polar surface area (TPSA) is 127 Å². The Bertz CT molecular complexity index is 785. The van der Waals surface area contributed by atoms with Gasteiger partial charge in [-0.3, -0.25) is 4.79 Å². The molecule has 3 amide bonds. The molecule has 0 atom stereocenters. The first-order valence-corrected chi connectivity index (χ1v) is 8.25. The molecule has 1 aromatic carbocycles. The lowest BCUT2D eigenvalue weighted by molar-refractivity contribution is 0.0661. The summed E-state index contributed by atoms with van der Waals surface area (Å²) in [7, 11) is 0. The largest absolute Gasteiger partial charge is 0.492 e. The molecule has 0 spiro atoms. The van der Waals surface area contributed by atoms with E-state index < -0.39 is 0 Å². The van der Waals surface area contributed by atoms with Gasteiger partial charge in [-0.2, -0.15) is 0 Å². The van der Waals surface area contributed by atoms with Crippen LogP contribution in [0.1, 0.15) is 17.4 Å². The van der Waals surface area contributed by atoms with Crippen LogP contribution in [0.3, 0.4) is 0 Å². The Balaban J connectivity index is 1.57. The third kappa shape index (κ3) is 3.68. The predicted molar refractivity (Wildman–Crippen MR) is 92.8 cm³/mol. The summed E-state index contributed by atoms with van der Waals surface area (Å²) in [6.45, 7) is 3.90. The molecule has 1 aliphatic rings. The van der Waals surface area contributed by atoms with Crippen molar-refractivity contribution in [2.45, 2.75) is 6.92 Å². The average molecular weight is 360 g/mol. The van der Waals surface area contributed by atoms with E-state index in [2.05, 4.69) is 20.3 Å². The van der Waals surface area contributed by atoms with Gasteiger partial charge in [0.05, 0.1) is 12.3 Å². The summed E-state index contributed by atoms with van der Waals surface area (Å²) in [4.78, 5) is 28.0. The van der Waals surface area contributed by atoms with E-state index in [0.29, 0.717) is 44.2 Å². The third-order valence-electron chi connectivity index (χ3n) is 4.00. The maximum atomic E-state index is 12.5. The number of hydrogen-bond donors (Lipinski definition) is 2. The van der Waals surface area contributed by atoms with Gasteiger partial charge in [0.2, 0.25) is 11.5 Å². The molecule has 3 rings (SSSR count). The van der Waals surface area contributed by atoms with Crippen molar-refractivity contribution >= 4 is 23.4 Å². The maximum absolute atomic E-state index is 12.5.